The number of carbonyl (C=O) groups excluding carboxylic acids is 4. The number of likely N-dealkylation sites (tertiary alicyclic amines) is 1. The first kappa shape index (κ1) is 32.8. The van der Waals surface area contributed by atoms with Crippen LogP contribution in [-0.2, 0) is 30.5 Å². The fourth-order valence-corrected chi connectivity index (χ4v) is 6.13. The van der Waals surface area contributed by atoms with Crippen molar-refractivity contribution in [1.29, 1.82) is 0 Å². The van der Waals surface area contributed by atoms with E-state index in [9.17, 15) is 19.2 Å². The molecule has 1 aliphatic heterocycles. The van der Waals surface area contributed by atoms with Crippen molar-refractivity contribution in [1.82, 2.24) is 14.8 Å². The fourth-order valence-electron chi connectivity index (χ4n) is 4.92. The summed E-state index contributed by atoms with van der Waals surface area (Å²) in [7, 11) is -0.0108. The highest BCUT2D eigenvalue weighted by Gasteiger charge is 2.49. The average molecular weight is 653 g/mol. The number of carbonyl (C=O) groups is 4. The number of amides is 2. The number of halogens is 1. The van der Waals surface area contributed by atoms with E-state index < -0.39 is 44.2 Å². The van der Waals surface area contributed by atoms with E-state index in [-0.39, 0.29) is 11.7 Å². The number of hydrogen-bond acceptors (Lipinski definition) is 7. The Labute approximate surface area is 251 Å². The largest absolute Gasteiger partial charge is 0.456 e. The Morgan fingerprint density at radius 1 is 1.15 bits per heavy atom. The number of rotatable bonds is 12. The number of hydrogen-bond donors (Lipinski definition) is 1. The van der Waals surface area contributed by atoms with Gasteiger partial charge in [0.05, 0.1) is 12.6 Å². The molecule has 1 fully saturated rings. The van der Waals surface area contributed by atoms with E-state index in [1.807, 2.05) is 16.8 Å². The number of esters is 1. The molecule has 0 spiro atoms. The average Bonchev–Trinajstić information content (AvgIpc) is 3.52. The Bertz CT molecular complexity index is 1290. The van der Waals surface area contributed by atoms with Crippen molar-refractivity contribution in [2.75, 3.05) is 26.9 Å². The summed E-state index contributed by atoms with van der Waals surface area (Å²) in [6.45, 7) is 12.9. The maximum Gasteiger partial charge on any atom is 0.407 e. The summed E-state index contributed by atoms with van der Waals surface area (Å²) >= 11 is 3.56. The summed E-state index contributed by atoms with van der Waals surface area (Å²) in [5.74, 6) is -1.64. The second-order valence-electron chi connectivity index (χ2n) is 12.2. The van der Waals surface area contributed by atoms with Gasteiger partial charge in [0.1, 0.15) is 18.3 Å². The highest BCUT2D eigenvalue weighted by molar-refractivity contribution is 9.10. The van der Waals surface area contributed by atoms with Crippen LogP contribution in [0.1, 0.15) is 44.0 Å². The lowest BCUT2D eigenvalue weighted by Crippen LogP contribution is -2.58. The van der Waals surface area contributed by atoms with Crippen molar-refractivity contribution in [3.63, 3.8) is 0 Å². The molecule has 2 amide bonds. The minimum absolute atomic E-state index is 0.236. The summed E-state index contributed by atoms with van der Waals surface area (Å²) in [6.07, 6.45) is 2.13. The number of Topliss-reactive ketones (excluding diaryl/α,β-unsaturated/α-hetero) is 1. The van der Waals surface area contributed by atoms with E-state index in [1.165, 1.54) is 12.0 Å². The first-order valence-electron chi connectivity index (χ1n) is 13.9. The van der Waals surface area contributed by atoms with E-state index in [4.69, 9.17) is 9.47 Å². The van der Waals surface area contributed by atoms with E-state index in [0.29, 0.717) is 43.8 Å². The van der Waals surface area contributed by atoms with Gasteiger partial charge >= 0.3 is 12.1 Å². The fraction of sp³-hybridized carbons (Fsp3) is 0.586. The molecule has 3 rings (SSSR count). The summed E-state index contributed by atoms with van der Waals surface area (Å²) < 4.78 is 18.9. The Morgan fingerprint density at radius 2 is 1.85 bits per heavy atom. The van der Waals surface area contributed by atoms with Crippen LogP contribution in [0.3, 0.4) is 0 Å². The molecular weight excluding hydrogens is 610 g/mol. The van der Waals surface area contributed by atoms with Crippen LogP contribution in [0.25, 0.3) is 10.9 Å². The van der Waals surface area contributed by atoms with E-state index >= 15 is 0 Å². The molecule has 0 unspecified atom stereocenters. The van der Waals surface area contributed by atoms with Gasteiger partial charge in [0.15, 0.2) is 6.61 Å². The van der Waals surface area contributed by atoms with Gasteiger partial charge in [0, 0.05) is 42.8 Å². The van der Waals surface area contributed by atoms with Crippen LogP contribution in [0.15, 0.2) is 28.9 Å². The Morgan fingerprint density at radius 3 is 2.49 bits per heavy atom. The van der Waals surface area contributed by atoms with Crippen LogP contribution in [0.4, 0.5) is 4.79 Å². The van der Waals surface area contributed by atoms with Crippen molar-refractivity contribution in [3.8, 4) is 0 Å². The number of benzene rings is 1. The Hall–Kier alpha value is -2.70. The third kappa shape index (κ3) is 7.78. The summed E-state index contributed by atoms with van der Waals surface area (Å²) in [5.41, 5.74) is -0.144. The van der Waals surface area contributed by atoms with Crippen LogP contribution >= 0.6 is 15.9 Å². The first-order chi connectivity index (χ1) is 19.2. The minimum Gasteiger partial charge on any atom is -0.456 e. The van der Waals surface area contributed by atoms with E-state index in [1.54, 1.807) is 32.9 Å². The molecule has 10 nitrogen and oxygen atoms in total. The molecule has 1 aromatic carbocycles. The monoisotopic (exact) mass is 651 g/mol. The lowest BCUT2D eigenvalue weighted by atomic mass is 9.96. The number of ether oxygens (including phenoxy) is 3. The molecule has 2 heterocycles. The van der Waals surface area contributed by atoms with Gasteiger partial charge in [-0.25, -0.2) is 9.59 Å². The van der Waals surface area contributed by atoms with Crippen LogP contribution in [-0.4, -0.2) is 79.7 Å². The molecule has 41 heavy (non-hydrogen) atoms. The maximum absolute atomic E-state index is 13.4. The predicted octanol–water partition coefficient (Wildman–Crippen LogP) is 5.20. The number of methoxy groups -OCH3 is 1. The number of nitrogens with one attached hydrogen (secondary N) is 1. The van der Waals surface area contributed by atoms with Gasteiger partial charge in [-0.1, -0.05) is 49.4 Å². The van der Waals surface area contributed by atoms with Gasteiger partial charge < -0.3 is 29.0 Å². The molecule has 226 valence electrons. The number of fused-ring (bicyclic) bond motifs is 1. The molecule has 0 saturated carbocycles. The third-order valence-corrected chi connectivity index (χ3v) is 9.87. The highest BCUT2D eigenvalue weighted by Crippen LogP contribution is 2.32. The highest BCUT2D eigenvalue weighted by atomic mass is 79.9. The van der Waals surface area contributed by atoms with Crippen molar-refractivity contribution in [2.24, 2.45) is 5.92 Å². The van der Waals surface area contributed by atoms with Crippen LogP contribution < -0.4 is 5.32 Å². The molecule has 0 aliphatic carbocycles. The van der Waals surface area contributed by atoms with Crippen molar-refractivity contribution >= 4 is 58.7 Å². The van der Waals surface area contributed by atoms with E-state index in [2.05, 4.69) is 45.6 Å². The van der Waals surface area contributed by atoms with Gasteiger partial charge in [0.2, 0.25) is 11.7 Å². The Kier molecular flexibility index (Phi) is 10.8. The number of aromatic nitrogens is 1. The number of nitrogens with zero attached hydrogens (tertiary/aromatic N) is 2. The molecule has 0 radical (unpaired) electrons. The van der Waals surface area contributed by atoms with Gasteiger partial charge in [-0.3, -0.25) is 9.59 Å². The molecule has 1 aliphatic rings. The lowest BCUT2D eigenvalue weighted by molar-refractivity contribution is -0.160. The number of alkyl carbamates (subject to hydrolysis) is 1. The van der Waals surface area contributed by atoms with Crippen LogP contribution in [0.5, 0.6) is 0 Å². The lowest BCUT2D eigenvalue weighted by Gasteiger charge is -2.36. The minimum atomic E-state index is -1.26. The molecule has 0 bridgehead atoms. The first-order valence-corrected chi connectivity index (χ1v) is 18.4. The van der Waals surface area contributed by atoms with Crippen molar-refractivity contribution < 1.29 is 33.4 Å². The van der Waals surface area contributed by atoms with Crippen molar-refractivity contribution in [2.45, 2.75) is 77.6 Å². The molecule has 2 atom stereocenters. The summed E-state index contributed by atoms with van der Waals surface area (Å²) in [4.78, 5) is 53.5. The zero-order valence-corrected chi connectivity index (χ0v) is 27.6. The summed E-state index contributed by atoms with van der Waals surface area (Å²) in [5, 5.41) is 3.42. The second-order valence-corrected chi connectivity index (χ2v) is 18.7. The zero-order valence-electron chi connectivity index (χ0n) is 25.0. The van der Waals surface area contributed by atoms with Gasteiger partial charge in [-0.05, 0) is 49.9 Å². The molecule has 1 N–H and O–H groups in total. The van der Waals surface area contributed by atoms with Crippen LogP contribution in [0.2, 0.25) is 25.7 Å². The molecular formula is C29H42BrN3O7Si. The topological polar surface area (TPSA) is 116 Å². The summed E-state index contributed by atoms with van der Waals surface area (Å²) in [6, 6.07) is 5.59. The van der Waals surface area contributed by atoms with Gasteiger partial charge in [0.25, 0.3) is 0 Å². The molecule has 1 aromatic heterocycles. The van der Waals surface area contributed by atoms with Crippen LogP contribution in [0, 0.1) is 5.92 Å². The van der Waals surface area contributed by atoms with E-state index in [0.717, 1.165) is 15.9 Å². The molecule has 2 aromatic rings. The second kappa shape index (κ2) is 13.5. The van der Waals surface area contributed by atoms with Gasteiger partial charge in [-0.15, -0.1) is 0 Å². The predicted molar refractivity (Wildman–Crippen MR) is 163 cm³/mol. The normalized spacial score (nSPS) is 18.0. The smallest absolute Gasteiger partial charge is 0.407 e. The number of ketones is 1. The SMILES string of the molecule is COC(=O)N[C@H](C(=O)N1CCC[C@@]1(C)C(=O)OCC(=O)c1ccc(Br)c2ccn(COCC[Si](C)(C)C)c12)C(C)C. The third-order valence-electron chi connectivity index (χ3n) is 7.47. The van der Waals surface area contributed by atoms with Gasteiger partial charge in [-0.2, -0.15) is 0 Å². The Balaban J connectivity index is 1.74. The standard InChI is InChI=1S/C29H42BrN3O7Si/c1-19(2)24(31-28(37)38-4)26(35)33-13-8-12-29(33,3)27(36)40-17-23(34)21-9-10-22(30)20-11-14-32(25(20)21)18-39-15-16-41(5,6)7/h9-11,14,19,24H,8,12-13,15-18H2,1-7H3,(H,31,37)/t24-,29-/m0/s1. The molecule has 1 saturated heterocycles. The zero-order chi connectivity index (χ0) is 30.5. The van der Waals surface area contributed by atoms with Crippen molar-refractivity contribution in [3.05, 3.63) is 34.4 Å². The quantitative estimate of drug-likeness (QED) is 0.145. The molecule has 12 heteroatoms. The maximum atomic E-state index is 13.4.